The van der Waals surface area contributed by atoms with Gasteiger partial charge in [-0.05, 0) is 74.1 Å². The monoisotopic (exact) mass is 430 g/mol. The molecule has 1 aromatic carbocycles. The summed E-state index contributed by atoms with van der Waals surface area (Å²) >= 11 is 0. The number of hydrogen-bond donors (Lipinski definition) is 1. The molecule has 1 heterocycles. The summed E-state index contributed by atoms with van der Waals surface area (Å²) in [6, 6.07) is 7.75. The minimum absolute atomic E-state index is 0.00509. The summed E-state index contributed by atoms with van der Waals surface area (Å²) < 4.78 is 12.1. The van der Waals surface area contributed by atoms with Gasteiger partial charge in [-0.15, -0.1) is 0 Å². The van der Waals surface area contributed by atoms with Gasteiger partial charge in [0.25, 0.3) is 5.91 Å². The van der Waals surface area contributed by atoms with Crippen molar-refractivity contribution in [3.8, 4) is 5.75 Å². The van der Waals surface area contributed by atoms with Crippen LogP contribution >= 0.6 is 0 Å². The van der Waals surface area contributed by atoms with Crippen LogP contribution in [0.5, 0.6) is 5.75 Å². The van der Waals surface area contributed by atoms with E-state index in [4.69, 9.17) is 9.47 Å². The average Bonchev–Trinajstić information content (AvgIpc) is 2.73. The minimum atomic E-state index is -0.689. The first kappa shape index (κ1) is 24.1. The smallest absolute Gasteiger partial charge is 0.256 e. The Balaban J connectivity index is 1.50. The number of hydrogen-bond acceptors (Lipinski definition) is 4. The van der Waals surface area contributed by atoms with Crippen molar-refractivity contribution in [2.75, 3.05) is 38.2 Å². The molecule has 0 bridgehead atoms. The van der Waals surface area contributed by atoms with Crippen molar-refractivity contribution in [3.63, 3.8) is 0 Å². The van der Waals surface area contributed by atoms with Crippen molar-refractivity contribution in [3.05, 3.63) is 24.3 Å². The molecule has 0 aromatic heterocycles. The Labute approximate surface area is 188 Å². The maximum Gasteiger partial charge on any atom is 0.256 e. The molecule has 1 saturated carbocycles. The fraction of sp³-hybridized carbons (Fsp3) is 0.731. The summed E-state index contributed by atoms with van der Waals surface area (Å²) in [5.41, 5.74) is 0.111. The predicted octanol–water partition coefficient (Wildman–Crippen LogP) is 5.36. The van der Waals surface area contributed by atoms with Gasteiger partial charge in [0.2, 0.25) is 0 Å². The lowest BCUT2D eigenvalue weighted by atomic mass is 9.78. The Morgan fingerprint density at radius 3 is 2.45 bits per heavy atom. The van der Waals surface area contributed by atoms with Crippen LogP contribution in [0.3, 0.4) is 0 Å². The molecule has 174 valence electrons. The van der Waals surface area contributed by atoms with E-state index in [0.29, 0.717) is 19.1 Å². The first-order chi connectivity index (χ1) is 14.9. The molecule has 3 rings (SSSR count). The highest BCUT2D eigenvalue weighted by atomic mass is 16.5. The molecule has 0 spiro atoms. The minimum Gasteiger partial charge on any atom is -0.492 e. The molecule has 2 fully saturated rings. The van der Waals surface area contributed by atoms with E-state index in [2.05, 4.69) is 37.9 Å². The number of likely N-dealkylation sites (tertiary alicyclic amines) is 1. The third-order valence-electron chi connectivity index (χ3n) is 6.68. The lowest BCUT2D eigenvalue weighted by molar-refractivity contribution is -0.148. The Kier molecular flexibility index (Phi) is 8.79. The summed E-state index contributed by atoms with van der Waals surface area (Å²) in [6.07, 6.45) is 6.07. The third-order valence-corrected chi connectivity index (χ3v) is 6.68. The van der Waals surface area contributed by atoms with Crippen LogP contribution in [-0.2, 0) is 9.53 Å². The zero-order valence-corrected chi connectivity index (χ0v) is 20.0. The van der Waals surface area contributed by atoms with E-state index in [1.807, 2.05) is 24.3 Å². The van der Waals surface area contributed by atoms with Gasteiger partial charge in [-0.25, -0.2) is 0 Å². The molecule has 1 saturated heterocycles. The molecule has 0 unspecified atom stereocenters. The van der Waals surface area contributed by atoms with E-state index < -0.39 is 5.60 Å². The van der Waals surface area contributed by atoms with E-state index in [-0.39, 0.29) is 5.91 Å². The van der Waals surface area contributed by atoms with E-state index in [1.54, 1.807) is 0 Å². The molecule has 1 aliphatic heterocycles. The molecule has 31 heavy (non-hydrogen) atoms. The lowest BCUT2D eigenvalue weighted by Gasteiger charge is -2.38. The third kappa shape index (κ3) is 6.95. The summed E-state index contributed by atoms with van der Waals surface area (Å²) in [4.78, 5) is 15.7. The van der Waals surface area contributed by atoms with Gasteiger partial charge in [-0.2, -0.15) is 0 Å². The highest BCUT2D eigenvalue weighted by molar-refractivity contribution is 5.97. The number of amides is 1. The number of piperidine rings is 1. The number of carbonyl (C=O) groups is 1. The van der Waals surface area contributed by atoms with Gasteiger partial charge in [-0.3, -0.25) is 9.69 Å². The van der Waals surface area contributed by atoms with Crippen LogP contribution in [-0.4, -0.2) is 49.3 Å². The maximum atomic E-state index is 13.2. The van der Waals surface area contributed by atoms with Gasteiger partial charge in [0.15, 0.2) is 0 Å². The molecule has 0 radical (unpaired) electrons. The summed E-state index contributed by atoms with van der Waals surface area (Å²) in [5, 5.41) is 3.10. The fourth-order valence-electron chi connectivity index (χ4n) is 5.35. The number of ether oxygens (including phenoxy) is 2. The van der Waals surface area contributed by atoms with Crippen molar-refractivity contribution in [1.82, 2.24) is 4.90 Å². The molecule has 5 heteroatoms. The molecular weight excluding hydrogens is 388 g/mol. The number of rotatable bonds is 9. The number of benzene rings is 1. The van der Waals surface area contributed by atoms with Crippen LogP contribution < -0.4 is 10.1 Å². The standard InChI is InChI=1S/C26H42N2O3/c1-5-14-31-26(12-6-7-20(2)17-26)25(29)27-23-8-10-24(11-9-23)30-15-13-28-18-21(3)16-22(4)19-28/h8-11,20-22H,5-7,12-19H2,1-4H3,(H,27,29)/t20-,21-,22+,26+/m0/s1. The van der Waals surface area contributed by atoms with Crippen molar-refractivity contribution < 1.29 is 14.3 Å². The zero-order chi connectivity index (χ0) is 22.3. The van der Waals surface area contributed by atoms with E-state index >= 15 is 0 Å². The van der Waals surface area contributed by atoms with E-state index in [1.165, 1.54) is 25.9 Å². The molecule has 2 aliphatic rings. The van der Waals surface area contributed by atoms with Gasteiger partial charge in [0.05, 0.1) is 0 Å². The fourth-order valence-corrected chi connectivity index (χ4v) is 5.35. The summed E-state index contributed by atoms with van der Waals surface area (Å²) in [6.45, 7) is 13.6. The van der Waals surface area contributed by atoms with Gasteiger partial charge in [0, 0.05) is 31.9 Å². The topological polar surface area (TPSA) is 50.8 Å². The zero-order valence-electron chi connectivity index (χ0n) is 20.0. The van der Waals surface area contributed by atoms with Crippen molar-refractivity contribution in [2.24, 2.45) is 17.8 Å². The van der Waals surface area contributed by atoms with Crippen molar-refractivity contribution in [2.45, 2.75) is 71.8 Å². The Morgan fingerprint density at radius 1 is 1.10 bits per heavy atom. The van der Waals surface area contributed by atoms with Crippen LogP contribution in [0.15, 0.2) is 24.3 Å². The second kappa shape index (κ2) is 11.3. The summed E-state index contributed by atoms with van der Waals surface area (Å²) in [5.74, 6) is 2.89. The van der Waals surface area contributed by atoms with Crippen LogP contribution in [0.4, 0.5) is 5.69 Å². The second-order valence-corrected chi connectivity index (χ2v) is 10.1. The number of anilines is 1. The normalized spacial score (nSPS) is 29.5. The largest absolute Gasteiger partial charge is 0.492 e. The molecule has 5 nitrogen and oxygen atoms in total. The van der Waals surface area contributed by atoms with Gasteiger partial charge < -0.3 is 14.8 Å². The SMILES string of the molecule is CCCO[C@]1(C(=O)Nc2ccc(OCCN3C[C@H](C)C[C@H](C)C3)cc2)CCC[C@H](C)C1. The van der Waals surface area contributed by atoms with Crippen molar-refractivity contribution >= 4 is 11.6 Å². The first-order valence-electron chi connectivity index (χ1n) is 12.3. The van der Waals surface area contributed by atoms with Gasteiger partial charge >= 0.3 is 0 Å². The lowest BCUT2D eigenvalue weighted by Crippen LogP contribution is -2.48. The Morgan fingerprint density at radius 2 is 1.81 bits per heavy atom. The number of nitrogens with one attached hydrogen (secondary N) is 1. The number of nitrogens with zero attached hydrogens (tertiary/aromatic N) is 1. The summed E-state index contributed by atoms with van der Waals surface area (Å²) in [7, 11) is 0. The predicted molar refractivity (Wildman–Crippen MR) is 127 cm³/mol. The molecular formula is C26H42N2O3. The van der Waals surface area contributed by atoms with Gasteiger partial charge in [-0.1, -0.05) is 34.1 Å². The quantitative estimate of drug-likeness (QED) is 0.573. The molecule has 1 amide bonds. The molecule has 1 N–H and O–H groups in total. The van der Waals surface area contributed by atoms with E-state index in [0.717, 1.165) is 55.5 Å². The van der Waals surface area contributed by atoms with Crippen LogP contribution in [0.25, 0.3) is 0 Å². The van der Waals surface area contributed by atoms with Crippen LogP contribution in [0.1, 0.15) is 66.2 Å². The first-order valence-corrected chi connectivity index (χ1v) is 12.3. The van der Waals surface area contributed by atoms with Crippen LogP contribution in [0, 0.1) is 17.8 Å². The van der Waals surface area contributed by atoms with Gasteiger partial charge in [0.1, 0.15) is 18.0 Å². The van der Waals surface area contributed by atoms with Crippen molar-refractivity contribution in [1.29, 1.82) is 0 Å². The van der Waals surface area contributed by atoms with E-state index in [9.17, 15) is 4.79 Å². The molecule has 1 aromatic rings. The molecule has 1 aliphatic carbocycles. The van der Waals surface area contributed by atoms with Crippen LogP contribution in [0.2, 0.25) is 0 Å². The maximum absolute atomic E-state index is 13.2. The number of carbonyl (C=O) groups excluding carboxylic acids is 1. The highest BCUT2D eigenvalue weighted by Gasteiger charge is 2.42. The second-order valence-electron chi connectivity index (χ2n) is 10.1. The highest BCUT2D eigenvalue weighted by Crippen LogP contribution is 2.36. The Hall–Kier alpha value is -1.59. The average molecular weight is 431 g/mol. The molecule has 4 atom stereocenters. The Bertz CT molecular complexity index is 682.